The second-order valence-corrected chi connectivity index (χ2v) is 11.8. The number of hydrogen-bond donors (Lipinski definition) is 0. The molecule has 6 nitrogen and oxygen atoms in total. The van der Waals surface area contributed by atoms with Crippen molar-refractivity contribution in [2.75, 3.05) is 36.0 Å². The maximum Gasteiger partial charge on any atom is 0.243 e. The summed E-state index contributed by atoms with van der Waals surface area (Å²) in [6, 6.07) is 11.8. The maximum absolute atomic E-state index is 13.4. The lowest BCUT2D eigenvalue weighted by molar-refractivity contribution is -0.125. The molecule has 0 N–H and O–H groups in total. The molecule has 2 aromatic carbocycles. The lowest BCUT2D eigenvalue weighted by Gasteiger charge is -2.36. The molecule has 0 radical (unpaired) electrons. The Morgan fingerprint density at radius 2 is 1.67 bits per heavy atom. The molecule has 33 heavy (non-hydrogen) atoms. The average molecular weight is 468 g/mol. The zero-order valence-corrected chi connectivity index (χ0v) is 20.6. The highest BCUT2D eigenvalue weighted by atomic mass is 32.2. The van der Waals surface area contributed by atoms with E-state index in [1.807, 2.05) is 11.0 Å². The molecule has 0 aromatic heterocycles. The van der Waals surface area contributed by atoms with Crippen molar-refractivity contribution in [3.63, 3.8) is 0 Å². The summed E-state index contributed by atoms with van der Waals surface area (Å²) in [7, 11) is -3.57. The van der Waals surface area contributed by atoms with Crippen molar-refractivity contribution in [3.8, 4) is 0 Å². The fraction of sp³-hybridized carbons (Fsp3) is 0.500. The molecule has 0 unspecified atom stereocenters. The SMILES string of the molecule is Cc1ccc(C)c(N2CCN(S(=O)(=O)c3ccc4c(c3)C[C@@H](C)N4C(=O)C3CCC3)CC2)c1. The Kier molecular flexibility index (Phi) is 5.73. The van der Waals surface area contributed by atoms with E-state index in [4.69, 9.17) is 0 Å². The highest BCUT2D eigenvalue weighted by Gasteiger charge is 2.38. The van der Waals surface area contributed by atoms with Crippen LogP contribution in [0, 0.1) is 19.8 Å². The van der Waals surface area contributed by atoms with Gasteiger partial charge in [-0.05, 0) is 81.0 Å². The molecule has 2 heterocycles. The van der Waals surface area contributed by atoms with Crippen LogP contribution in [0.2, 0.25) is 0 Å². The van der Waals surface area contributed by atoms with E-state index in [2.05, 4.69) is 43.9 Å². The Labute approximate surface area is 197 Å². The number of rotatable bonds is 4. The zero-order valence-electron chi connectivity index (χ0n) is 19.8. The van der Waals surface area contributed by atoms with E-state index in [0.29, 0.717) is 37.5 Å². The van der Waals surface area contributed by atoms with Gasteiger partial charge in [-0.2, -0.15) is 4.31 Å². The summed E-state index contributed by atoms with van der Waals surface area (Å²) in [5.41, 5.74) is 5.46. The van der Waals surface area contributed by atoms with Crippen LogP contribution in [0.3, 0.4) is 0 Å². The van der Waals surface area contributed by atoms with Crippen LogP contribution in [0.4, 0.5) is 11.4 Å². The van der Waals surface area contributed by atoms with E-state index in [9.17, 15) is 13.2 Å². The smallest absolute Gasteiger partial charge is 0.243 e. The largest absolute Gasteiger partial charge is 0.369 e. The molecule has 7 heteroatoms. The molecule has 1 atom stereocenters. The molecule has 1 amide bonds. The molecule has 2 aliphatic heterocycles. The molecular formula is C26H33N3O3S. The van der Waals surface area contributed by atoms with E-state index in [-0.39, 0.29) is 17.9 Å². The number of aryl methyl sites for hydroxylation is 2. The Morgan fingerprint density at radius 1 is 0.939 bits per heavy atom. The molecule has 1 saturated carbocycles. The third-order valence-corrected chi connectivity index (χ3v) is 9.43. The number of sulfonamides is 1. The molecule has 0 bridgehead atoms. The lowest BCUT2D eigenvalue weighted by Crippen LogP contribution is -2.48. The monoisotopic (exact) mass is 467 g/mol. The van der Waals surface area contributed by atoms with Crippen molar-refractivity contribution in [1.82, 2.24) is 4.31 Å². The molecule has 2 aromatic rings. The van der Waals surface area contributed by atoms with Gasteiger partial charge in [0.15, 0.2) is 0 Å². The second-order valence-electron chi connectivity index (χ2n) is 9.86. The van der Waals surface area contributed by atoms with E-state index in [1.54, 1.807) is 16.4 Å². The topological polar surface area (TPSA) is 60.9 Å². The lowest BCUT2D eigenvalue weighted by atomic mass is 9.84. The predicted molar refractivity (Wildman–Crippen MR) is 131 cm³/mol. The molecule has 1 saturated heterocycles. The Morgan fingerprint density at radius 3 is 2.33 bits per heavy atom. The van der Waals surface area contributed by atoms with Crippen molar-refractivity contribution in [1.29, 1.82) is 0 Å². The Bertz CT molecular complexity index is 1180. The zero-order chi connectivity index (χ0) is 23.3. The van der Waals surface area contributed by atoms with Crippen LogP contribution < -0.4 is 9.80 Å². The first-order valence-electron chi connectivity index (χ1n) is 12.0. The predicted octanol–water partition coefficient (Wildman–Crippen LogP) is 3.89. The summed E-state index contributed by atoms with van der Waals surface area (Å²) in [4.78, 5) is 17.4. The van der Waals surface area contributed by atoms with Gasteiger partial charge in [0.05, 0.1) is 4.90 Å². The number of hydrogen-bond acceptors (Lipinski definition) is 4. The fourth-order valence-electron chi connectivity index (χ4n) is 5.33. The number of benzene rings is 2. The normalized spacial score (nSPS) is 21.7. The first-order chi connectivity index (χ1) is 15.8. The summed E-state index contributed by atoms with van der Waals surface area (Å²) < 4.78 is 28.5. The van der Waals surface area contributed by atoms with Crippen molar-refractivity contribution >= 4 is 27.3 Å². The summed E-state index contributed by atoms with van der Waals surface area (Å²) in [6.07, 6.45) is 3.77. The van der Waals surface area contributed by atoms with Gasteiger partial charge >= 0.3 is 0 Å². The van der Waals surface area contributed by atoms with Crippen molar-refractivity contribution < 1.29 is 13.2 Å². The van der Waals surface area contributed by atoms with Gasteiger partial charge in [0.25, 0.3) is 0 Å². The minimum absolute atomic E-state index is 0.0761. The highest BCUT2D eigenvalue weighted by molar-refractivity contribution is 7.89. The number of anilines is 2. The fourth-order valence-corrected chi connectivity index (χ4v) is 6.81. The van der Waals surface area contributed by atoms with Gasteiger partial charge in [-0.15, -0.1) is 0 Å². The highest BCUT2D eigenvalue weighted by Crippen LogP contribution is 2.38. The maximum atomic E-state index is 13.4. The van der Waals surface area contributed by atoms with E-state index >= 15 is 0 Å². The number of carbonyl (C=O) groups excluding carboxylic acids is 1. The van der Waals surface area contributed by atoms with Gasteiger partial charge in [-0.3, -0.25) is 4.79 Å². The van der Waals surface area contributed by atoms with Crippen LogP contribution in [0.15, 0.2) is 41.3 Å². The first-order valence-corrected chi connectivity index (χ1v) is 13.5. The van der Waals surface area contributed by atoms with Gasteiger partial charge in [0, 0.05) is 49.5 Å². The van der Waals surface area contributed by atoms with Crippen LogP contribution in [-0.2, 0) is 21.2 Å². The minimum Gasteiger partial charge on any atom is -0.369 e. The number of fused-ring (bicyclic) bond motifs is 1. The van der Waals surface area contributed by atoms with Crippen LogP contribution >= 0.6 is 0 Å². The Hall–Kier alpha value is -2.38. The van der Waals surface area contributed by atoms with Gasteiger partial charge in [-0.1, -0.05) is 18.6 Å². The van der Waals surface area contributed by atoms with Gasteiger partial charge in [-0.25, -0.2) is 8.42 Å². The molecule has 1 aliphatic carbocycles. The summed E-state index contributed by atoms with van der Waals surface area (Å²) in [5.74, 6) is 0.334. The molecular weight excluding hydrogens is 434 g/mol. The number of piperazine rings is 1. The number of nitrogens with zero attached hydrogens (tertiary/aromatic N) is 3. The molecule has 3 aliphatic rings. The van der Waals surface area contributed by atoms with Gasteiger partial charge in [0.1, 0.15) is 0 Å². The van der Waals surface area contributed by atoms with Crippen LogP contribution in [0.25, 0.3) is 0 Å². The molecule has 0 spiro atoms. The number of amides is 1. The summed E-state index contributed by atoms with van der Waals surface area (Å²) in [5, 5.41) is 0. The van der Waals surface area contributed by atoms with Crippen molar-refractivity contribution in [3.05, 3.63) is 53.1 Å². The molecule has 5 rings (SSSR count). The van der Waals surface area contributed by atoms with Gasteiger partial charge in [0.2, 0.25) is 15.9 Å². The molecule has 176 valence electrons. The minimum atomic E-state index is -3.57. The van der Waals surface area contributed by atoms with Crippen LogP contribution in [0.5, 0.6) is 0 Å². The number of carbonyl (C=O) groups is 1. The Balaban J connectivity index is 1.32. The van der Waals surface area contributed by atoms with E-state index < -0.39 is 10.0 Å². The second kappa shape index (κ2) is 8.44. The van der Waals surface area contributed by atoms with Crippen molar-refractivity contribution in [2.45, 2.75) is 57.4 Å². The van der Waals surface area contributed by atoms with Gasteiger partial charge < -0.3 is 9.80 Å². The van der Waals surface area contributed by atoms with E-state index in [1.165, 1.54) is 16.8 Å². The quantitative estimate of drug-likeness (QED) is 0.685. The summed E-state index contributed by atoms with van der Waals surface area (Å²) in [6.45, 7) is 8.52. The average Bonchev–Trinajstić information content (AvgIpc) is 3.09. The first kappa shape index (κ1) is 22.4. The van der Waals surface area contributed by atoms with Crippen molar-refractivity contribution in [2.24, 2.45) is 5.92 Å². The third-order valence-electron chi connectivity index (χ3n) is 7.54. The van der Waals surface area contributed by atoms with Crippen LogP contribution in [-0.4, -0.2) is 50.9 Å². The standard InChI is InChI=1S/C26H33N3O3S/c1-18-7-8-19(2)25(15-18)27-11-13-28(14-12-27)33(31,32)23-9-10-24-22(17-23)16-20(3)29(24)26(30)21-5-4-6-21/h7-10,15,17,20-21H,4-6,11-14,16H2,1-3H3/t20-/m1/s1. The van der Waals surface area contributed by atoms with Crippen LogP contribution in [0.1, 0.15) is 42.9 Å². The third kappa shape index (κ3) is 3.95. The van der Waals surface area contributed by atoms with E-state index in [0.717, 1.165) is 30.5 Å². The summed E-state index contributed by atoms with van der Waals surface area (Å²) >= 11 is 0. The molecule has 2 fully saturated rings.